The van der Waals surface area contributed by atoms with E-state index in [2.05, 4.69) is 13.8 Å². The number of carboxylic acids is 1. The van der Waals surface area contributed by atoms with Crippen LogP contribution in [0.25, 0.3) is 0 Å². The molecule has 0 heterocycles. The highest BCUT2D eigenvalue weighted by molar-refractivity contribution is 5.87. The molecule has 0 aromatic heterocycles. The molecule has 0 saturated heterocycles. The SMILES string of the molecule is CCCCCCCCCCCCCC(F)(CCCCC)/C(CC)=C(\C)C(=O)O. The monoisotopic (exact) mass is 398 g/mol. The van der Waals surface area contributed by atoms with E-state index in [-0.39, 0.29) is 5.57 Å². The van der Waals surface area contributed by atoms with Crippen LogP contribution in [0.4, 0.5) is 4.39 Å². The molecule has 0 aliphatic heterocycles. The second-order valence-electron chi connectivity index (χ2n) is 8.47. The van der Waals surface area contributed by atoms with Crippen LogP contribution in [0.15, 0.2) is 11.1 Å². The zero-order chi connectivity index (χ0) is 21.3. The number of hydrogen-bond donors (Lipinski definition) is 1. The van der Waals surface area contributed by atoms with Gasteiger partial charge in [-0.15, -0.1) is 0 Å². The second-order valence-corrected chi connectivity index (χ2v) is 8.47. The highest BCUT2D eigenvalue weighted by atomic mass is 19.1. The third kappa shape index (κ3) is 11.9. The quantitative estimate of drug-likeness (QED) is 0.174. The van der Waals surface area contributed by atoms with E-state index in [4.69, 9.17) is 0 Å². The Labute approximate surface area is 174 Å². The maximum Gasteiger partial charge on any atom is 0.331 e. The van der Waals surface area contributed by atoms with Gasteiger partial charge in [-0.3, -0.25) is 0 Å². The van der Waals surface area contributed by atoms with Crippen LogP contribution in [0.5, 0.6) is 0 Å². The zero-order valence-electron chi connectivity index (χ0n) is 19.3. The molecule has 3 heteroatoms. The Balaban J connectivity index is 4.36. The van der Waals surface area contributed by atoms with Crippen LogP contribution in [-0.4, -0.2) is 16.7 Å². The molecule has 0 rings (SSSR count). The van der Waals surface area contributed by atoms with Crippen molar-refractivity contribution in [3.8, 4) is 0 Å². The molecule has 1 unspecified atom stereocenters. The van der Waals surface area contributed by atoms with Gasteiger partial charge in [-0.25, -0.2) is 9.18 Å². The van der Waals surface area contributed by atoms with Crippen molar-refractivity contribution in [3.63, 3.8) is 0 Å². The second kappa shape index (κ2) is 17.0. The van der Waals surface area contributed by atoms with Crippen LogP contribution < -0.4 is 0 Å². The summed E-state index contributed by atoms with van der Waals surface area (Å²) in [5.74, 6) is -0.978. The summed E-state index contributed by atoms with van der Waals surface area (Å²) in [5, 5.41) is 9.35. The van der Waals surface area contributed by atoms with Crippen molar-refractivity contribution in [1.82, 2.24) is 0 Å². The Morgan fingerprint density at radius 3 is 1.46 bits per heavy atom. The largest absolute Gasteiger partial charge is 0.478 e. The lowest BCUT2D eigenvalue weighted by Gasteiger charge is -2.29. The fraction of sp³-hybridized carbons (Fsp3) is 0.880. The van der Waals surface area contributed by atoms with E-state index in [1.54, 1.807) is 6.92 Å². The molecule has 2 nitrogen and oxygen atoms in total. The third-order valence-corrected chi connectivity index (χ3v) is 6.02. The summed E-state index contributed by atoms with van der Waals surface area (Å²) in [7, 11) is 0. The van der Waals surface area contributed by atoms with Crippen molar-refractivity contribution in [2.24, 2.45) is 0 Å². The minimum Gasteiger partial charge on any atom is -0.478 e. The molecule has 1 atom stereocenters. The lowest BCUT2D eigenvalue weighted by Crippen LogP contribution is -2.28. The average Bonchev–Trinajstić information content (AvgIpc) is 2.66. The number of alkyl halides is 1. The fourth-order valence-electron chi connectivity index (χ4n) is 4.20. The van der Waals surface area contributed by atoms with Crippen LogP contribution in [-0.2, 0) is 4.79 Å². The summed E-state index contributed by atoms with van der Waals surface area (Å²) in [4.78, 5) is 11.4. The first-order valence-corrected chi connectivity index (χ1v) is 12.0. The Morgan fingerprint density at radius 2 is 1.07 bits per heavy atom. The van der Waals surface area contributed by atoms with E-state index in [0.29, 0.717) is 24.8 Å². The van der Waals surface area contributed by atoms with E-state index in [1.165, 1.54) is 57.8 Å². The number of allylic oxidation sites excluding steroid dienone is 1. The van der Waals surface area contributed by atoms with Crippen LogP contribution in [0, 0.1) is 0 Å². The molecule has 0 aromatic rings. The first-order valence-electron chi connectivity index (χ1n) is 12.0. The van der Waals surface area contributed by atoms with Gasteiger partial charge in [-0.2, -0.15) is 0 Å². The van der Waals surface area contributed by atoms with Gasteiger partial charge in [0.1, 0.15) is 5.67 Å². The van der Waals surface area contributed by atoms with Gasteiger partial charge >= 0.3 is 5.97 Å². The number of unbranched alkanes of at least 4 members (excludes halogenated alkanes) is 12. The Morgan fingerprint density at radius 1 is 0.714 bits per heavy atom. The minimum absolute atomic E-state index is 0.213. The van der Waals surface area contributed by atoms with E-state index < -0.39 is 11.6 Å². The molecule has 0 spiro atoms. The van der Waals surface area contributed by atoms with Gasteiger partial charge in [-0.05, 0) is 44.6 Å². The van der Waals surface area contributed by atoms with Crippen molar-refractivity contribution >= 4 is 5.97 Å². The molecule has 0 aromatic carbocycles. The van der Waals surface area contributed by atoms with Gasteiger partial charge in [0.2, 0.25) is 0 Å². The predicted octanol–water partition coefficient (Wildman–Crippen LogP) is 8.79. The van der Waals surface area contributed by atoms with Crippen molar-refractivity contribution in [2.75, 3.05) is 0 Å². The van der Waals surface area contributed by atoms with E-state index in [0.717, 1.165) is 32.1 Å². The molecule has 28 heavy (non-hydrogen) atoms. The molecule has 0 amide bonds. The van der Waals surface area contributed by atoms with Crippen molar-refractivity contribution in [2.45, 2.75) is 143 Å². The lowest BCUT2D eigenvalue weighted by atomic mass is 9.81. The van der Waals surface area contributed by atoms with Gasteiger partial charge in [0, 0.05) is 5.57 Å². The smallest absolute Gasteiger partial charge is 0.331 e. The highest BCUT2D eigenvalue weighted by Crippen LogP contribution is 2.37. The van der Waals surface area contributed by atoms with E-state index in [1.807, 2.05) is 6.92 Å². The molecule has 0 aliphatic rings. The van der Waals surface area contributed by atoms with E-state index >= 15 is 4.39 Å². The Bertz CT molecular complexity index is 430. The molecule has 0 bridgehead atoms. The number of carbonyl (C=O) groups is 1. The zero-order valence-corrected chi connectivity index (χ0v) is 19.3. The maximum absolute atomic E-state index is 15.8. The van der Waals surface area contributed by atoms with Crippen molar-refractivity contribution in [3.05, 3.63) is 11.1 Å². The first kappa shape index (κ1) is 27.1. The van der Waals surface area contributed by atoms with E-state index in [9.17, 15) is 9.90 Å². The first-order chi connectivity index (χ1) is 13.4. The molecule has 1 N–H and O–H groups in total. The molecule has 166 valence electrons. The van der Waals surface area contributed by atoms with Gasteiger partial charge in [0.15, 0.2) is 0 Å². The summed E-state index contributed by atoms with van der Waals surface area (Å²) >= 11 is 0. The summed E-state index contributed by atoms with van der Waals surface area (Å²) in [6.45, 7) is 7.81. The average molecular weight is 399 g/mol. The molecular formula is C25H47FO2. The summed E-state index contributed by atoms with van der Waals surface area (Å²) in [6, 6.07) is 0. The number of rotatable bonds is 19. The van der Waals surface area contributed by atoms with Gasteiger partial charge in [0.25, 0.3) is 0 Å². The topological polar surface area (TPSA) is 37.3 Å². The Kier molecular flexibility index (Phi) is 16.5. The van der Waals surface area contributed by atoms with Crippen molar-refractivity contribution in [1.29, 1.82) is 0 Å². The highest BCUT2D eigenvalue weighted by Gasteiger charge is 2.34. The van der Waals surface area contributed by atoms with Crippen LogP contribution in [0.1, 0.15) is 137 Å². The minimum atomic E-state index is -1.44. The number of hydrogen-bond acceptors (Lipinski definition) is 1. The number of carboxylic acid groups (broad SMARTS) is 1. The maximum atomic E-state index is 15.8. The molecule has 0 fully saturated rings. The predicted molar refractivity (Wildman–Crippen MR) is 120 cm³/mol. The molecule has 0 aliphatic carbocycles. The van der Waals surface area contributed by atoms with Crippen LogP contribution in [0.3, 0.4) is 0 Å². The van der Waals surface area contributed by atoms with Crippen LogP contribution >= 0.6 is 0 Å². The third-order valence-electron chi connectivity index (χ3n) is 6.02. The Hall–Kier alpha value is -0.860. The standard InChI is InChI=1S/C25H47FO2/c1-5-8-10-11-12-13-14-15-16-17-19-21-25(26,20-18-9-6-2)23(7-3)22(4)24(27)28/h5-21H2,1-4H3,(H,27,28)/b23-22+. The van der Waals surface area contributed by atoms with Crippen LogP contribution in [0.2, 0.25) is 0 Å². The van der Waals surface area contributed by atoms with Gasteiger partial charge < -0.3 is 5.11 Å². The van der Waals surface area contributed by atoms with Gasteiger partial charge in [0.05, 0.1) is 0 Å². The molecular weight excluding hydrogens is 351 g/mol. The lowest BCUT2D eigenvalue weighted by molar-refractivity contribution is -0.132. The summed E-state index contributed by atoms with van der Waals surface area (Å²) in [6.07, 6.45) is 18.0. The molecule has 0 saturated carbocycles. The van der Waals surface area contributed by atoms with Crippen molar-refractivity contribution < 1.29 is 14.3 Å². The number of halogens is 1. The normalized spacial score (nSPS) is 14.6. The fourth-order valence-corrected chi connectivity index (χ4v) is 4.20. The summed E-state index contributed by atoms with van der Waals surface area (Å²) in [5.41, 5.74) is -0.709. The molecule has 0 radical (unpaired) electrons. The van der Waals surface area contributed by atoms with Gasteiger partial charge in [-0.1, -0.05) is 97.8 Å². The summed E-state index contributed by atoms with van der Waals surface area (Å²) < 4.78 is 15.8. The number of aliphatic carboxylic acids is 1.